The van der Waals surface area contributed by atoms with Gasteiger partial charge in [-0.15, -0.1) is 0 Å². The number of hydrogen-bond donors (Lipinski definition) is 0. The molecule has 164 valence electrons. The van der Waals surface area contributed by atoms with E-state index in [0.717, 1.165) is 17.8 Å². The van der Waals surface area contributed by atoms with Crippen LogP contribution in [0.5, 0.6) is 0 Å². The predicted octanol–water partition coefficient (Wildman–Crippen LogP) is 3.43. The number of fused-ring (bicyclic) bond motifs is 3. The average Bonchev–Trinajstić information content (AvgIpc) is 3.19. The predicted molar refractivity (Wildman–Crippen MR) is 111 cm³/mol. The fourth-order valence-corrected chi connectivity index (χ4v) is 3.89. The van der Waals surface area contributed by atoms with E-state index in [0.29, 0.717) is 17.2 Å². The number of halogens is 3. The normalized spacial score (nSPS) is 12.5. The van der Waals surface area contributed by atoms with Gasteiger partial charge in [0, 0.05) is 30.7 Å². The van der Waals surface area contributed by atoms with Crippen molar-refractivity contribution < 1.29 is 13.2 Å². The third-order valence-electron chi connectivity index (χ3n) is 5.52. The highest BCUT2D eigenvalue weighted by atomic mass is 19.4. The topological polar surface area (TPSA) is 66.2 Å². The number of aryl methyl sites for hydroxylation is 2. The number of aromatic nitrogens is 5. The van der Waals surface area contributed by atoms with E-state index in [1.54, 1.807) is 22.9 Å². The Kier molecular flexibility index (Phi) is 4.64. The largest absolute Gasteiger partial charge is 0.416 e. The van der Waals surface area contributed by atoms with Crippen LogP contribution in [0.2, 0.25) is 0 Å². The van der Waals surface area contributed by atoms with Gasteiger partial charge in [0.1, 0.15) is 0 Å². The molecule has 31 heavy (non-hydrogen) atoms. The first-order valence-corrected chi connectivity index (χ1v) is 9.81. The summed E-state index contributed by atoms with van der Waals surface area (Å²) in [5, 5.41) is 0. The molecule has 0 aliphatic rings. The minimum Gasteiger partial charge on any atom is -0.283 e. The van der Waals surface area contributed by atoms with Gasteiger partial charge in [0.25, 0.3) is 5.56 Å². The first-order valence-electron chi connectivity index (χ1n) is 9.81. The van der Waals surface area contributed by atoms with Crippen LogP contribution in [0.3, 0.4) is 0 Å². The molecule has 0 atom stereocenters. The number of hydrogen-bond acceptors (Lipinski definition) is 3. The summed E-state index contributed by atoms with van der Waals surface area (Å²) in [6.45, 7) is 7.72. The summed E-state index contributed by atoms with van der Waals surface area (Å²) in [6, 6.07) is 4.75. The SMILES string of the molecule is Cc1c(C)n2c3c(=O)n(CC(C)C)c(=O)n(C)c3nc2n1-c1ccc(C(F)(F)F)cc1. The van der Waals surface area contributed by atoms with Crippen LogP contribution in [0.15, 0.2) is 33.9 Å². The fraction of sp³-hybridized carbons (Fsp3) is 0.381. The maximum atomic E-state index is 13.2. The lowest BCUT2D eigenvalue weighted by Crippen LogP contribution is -2.40. The van der Waals surface area contributed by atoms with Crippen molar-refractivity contribution in [3.63, 3.8) is 0 Å². The van der Waals surface area contributed by atoms with Gasteiger partial charge in [-0.1, -0.05) is 13.8 Å². The molecule has 0 amide bonds. The van der Waals surface area contributed by atoms with Crippen molar-refractivity contribution >= 4 is 16.9 Å². The Morgan fingerprint density at radius 1 is 1.03 bits per heavy atom. The summed E-state index contributed by atoms with van der Waals surface area (Å²) in [4.78, 5) is 30.5. The minimum atomic E-state index is -4.43. The van der Waals surface area contributed by atoms with E-state index in [9.17, 15) is 22.8 Å². The lowest BCUT2D eigenvalue weighted by atomic mass is 10.2. The fourth-order valence-electron chi connectivity index (χ4n) is 3.89. The van der Waals surface area contributed by atoms with E-state index in [4.69, 9.17) is 0 Å². The van der Waals surface area contributed by atoms with E-state index in [1.165, 1.54) is 21.3 Å². The van der Waals surface area contributed by atoms with Crippen LogP contribution in [0, 0.1) is 19.8 Å². The van der Waals surface area contributed by atoms with Gasteiger partial charge in [-0.05, 0) is 44.0 Å². The Balaban J connectivity index is 2.06. The van der Waals surface area contributed by atoms with Crippen molar-refractivity contribution in [2.45, 2.75) is 40.4 Å². The minimum absolute atomic E-state index is 0.0887. The molecule has 0 aliphatic carbocycles. The van der Waals surface area contributed by atoms with Crippen molar-refractivity contribution in [1.29, 1.82) is 0 Å². The summed E-state index contributed by atoms with van der Waals surface area (Å²) < 4.78 is 44.8. The average molecular weight is 433 g/mol. The van der Waals surface area contributed by atoms with Crippen LogP contribution in [-0.2, 0) is 19.8 Å². The van der Waals surface area contributed by atoms with Crippen LogP contribution in [0.1, 0.15) is 30.8 Å². The Hall–Kier alpha value is -3.30. The van der Waals surface area contributed by atoms with E-state index in [1.807, 2.05) is 20.8 Å². The summed E-state index contributed by atoms with van der Waals surface area (Å²) in [6.07, 6.45) is -4.43. The molecule has 0 N–H and O–H groups in total. The van der Waals surface area contributed by atoms with Gasteiger partial charge in [0.15, 0.2) is 11.2 Å². The second-order valence-corrected chi connectivity index (χ2v) is 8.12. The molecule has 4 rings (SSSR count). The molecule has 0 saturated carbocycles. The maximum absolute atomic E-state index is 13.2. The Labute approximate surface area is 175 Å². The van der Waals surface area contributed by atoms with Crippen molar-refractivity contribution in [3.8, 4) is 5.69 Å². The molecule has 4 aromatic rings. The molecule has 0 unspecified atom stereocenters. The Morgan fingerprint density at radius 2 is 1.65 bits per heavy atom. The lowest BCUT2D eigenvalue weighted by molar-refractivity contribution is -0.137. The van der Waals surface area contributed by atoms with Crippen LogP contribution in [0.25, 0.3) is 22.6 Å². The molecule has 3 heterocycles. The zero-order valence-corrected chi connectivity index (χ0v) is 17.8. The van der Waals surface area contributed by atoms with E-state index >= 15 is 0 Å². The maximum Gasteiger partial charge on any atom is 0.416 e. The third-order valence-corrected chi connectivity index (χ3v) is 5.52. The summed E-state index contributed by atoms with van der Waals surface area (Å²) in [5.41, 5.74) is 0.775. The molecule has 1 aromatic carbocycles. The third kappa shape index (κ3) is 3.08. The van der Waals surface area contributed by atoms with Crippen LogP contribution >= 0.6 is 0 Å². The summed E-state index contributed by atoms with van der Waals surface area (Å²) >= 11 is 0. The van der Waals surface area contributed by atoms with Gasteiger partial charge in [-0.3, -0.25) is 22.9 Å². The molecular weight excluding hydrogens is 411 g/mol. The molecule has 7 nitrogen and oxygen atoms in total. The molecular formula is C21H22F3N5O2. The number of alkyl halides is 3. The number of imidazole rings is 2. The molecule has 10 heteroatoms. The second kappa shape index (κ2) is 6.86. The van der Waals surface area contributed by atoms with Crippen molar-refractivity contribution in [2.75, 3.05) is 0 Å². The zero-order valence-electron chi connectivity index (χ0n) is 17.8. The second-order valence-electron chi connectivity index (χ2n) is 8.12. The van der Waals surface area contributed by atoms with Crippen LogP contribution in [-0.4, -0.2) is 23.1 Å². The van der Waals surface area contributed by atoms with E-state index in [-0.39, 0.29) is 23.6 Å². The highest BCUT2D eigenvalue weighted by molar-refractivity contribution is 5.77. The highest BCUT2D eigenvalue weighted by Crippen LogP contribution is 2.31. The summed E-state index contributed by atoms with van der Waals surface area (Å²) in [5.74, 6) is 0.449. The standard InChI is InChI=1S/C21H22F3N5O2/c1-11(2)10-27-18(30)16-17(26(5)20(27)31)25-19-28(12(3)13(4)29(16)19)15-8-6-14(7-9-15)21(22,23)24/h6-9,11H,10H2,1-5H3. The van der Waals surface area contributed by atoms with Crippen LogP contribution < -0.4 is 11.2 Å². The van der Waals surface area contributed by atoms with E-state index < -0.39 is 23.0 Å². The molecule has 0 fully saturated rings. The molecule has 0 bridgehead atoms. The van der Waals surface area contributed by atoms with Gasteiger partial charge in [0.05, 0.1) is 5.56 Å². The molecule has 0 radical (unpaired) electrons. The molecule has 3 aromatic heterocycles. The first-order chi connectivity index (χ1) is 14.4. The molecule has 0 spiro atoms. The van der Waals surface area contributed by atoms with Crippen molar-refractivity contribution in [3.05, 3.63) is 62.1 Å². The Bertz CT molecular complexity index is 1430. The number of nitrogens with zero attached hydrogens (tertiary/aromatic N) is 5. The smallest absolute Gasteiger partial charge is 0.283 e. The lowest BCUT2D eigenvalue weighted by Gasteiger charge is -2.10. The molecule has 0 aliphatic heterocycles. The Morgan fingerprint density at radius 3 is 2.19 bits per heavy atom. The molecule has 0 saturated heterocycles. The van der Waals surface area contributed by atoms with Gasteiger partial charge in [-0.2, -0.15) is 18.2 Å². The van der Waals surface area contributed by atoms with Crippen molar-refractivity contribution in [1.82, 2.24) is 23.1 Å². The number of benzene rings is 1. The highest BCUT2D eigenvalue weighted by Gasteiger charge is 2.30. The van der Waals surface area contributed by atoms with E-state index in [2.05, 4.69) is 4.98 Å². The van der Waals surface area contributed by atoms with Gasteiger partial charge in [-0.25, -0.2) is 4.79 Å². The quantitative estimate of drug-likeness (QED) is 0.497. The van der Waals surface area contributed by atoms with Crippen LogP contribution in [0.4, 0.5) is 13.2 Å². The monoisotopic (exact) mass is 433 g/mol. The zero-order chi connectivity index (χ0) is 22.8. The van der Waals surface area contributed by atoms with Gasteiger partial charge >= 0.3 is 11.9 Å². The van der Waals surface area contributed by atoms with Gasteiger partial charge < -0.3 is 0 Å². The van der Waals surface area contributed by atoms with Crippen molar-refractivity contribution in [2.24, 2.45) is 13.0 Å². The van der Waals surface area contributed by atoms with Gasteiger partial charge in [0.2, 0.25) is 5.78 Å². The first kappa shape index (κ1) is 21.0. The summed E-state index contributed by atoms with van der Waals surface area (Å²) in [7, 11) is 1.55. The number of rotatable bonds is 3.